The highest BCUT2D eigenvalue weighted by Gasteiger charge is 2.32. The third-order valence-electron chi connectivity index (χ3n) is 4.08. The van der Waals surface area contributed by atoms with E-state index in [0.717, 1.165) is 34.4 Å². The van der Waals surface area contributed by atoms with Crippen LogP contribution >= 0.6 is 11.6 Å². The van der Waals surface area contributed by atoms with Gasteiger partial charge in [-0.3, -0.25) is 4.98 Å². The molecule has 4 aromatic rings. The number of hydrogen-bond donors (Lipinski definition) is 1. The summed E-state index contributed by atoms with van der Waals surface area (Å²) < 4.78 is 37.7. The summed E-state index contributed by atoms with van der Waals surface area (Å²) in [5, 5.41) is 1.48. The van der Waals surface area contributed by atoms with Gasteiger partial charge in [0.2, 0.25) is 0 Å². The summed E-state index contributed by atoms with van der Waals surface area (Å²) in [5.41, 5.74) is 2.19. The number of halogens is 4. The first-order valence-corrected chi connectivity index (χ1v) is 8.57. The van der Waals surface area contributed by atoms with Gasteiger partial charge in [0.1, 0.15) is 17.2 Å². The van der Waals surface area contributed by atoms with Gasteiger partial charge in [-0.2, -0.15) is 13.2 Å². The molecule has 5 nitrogen and oxygen atoms in total. The fourth-order valence-corrected chi connectivity index (χ4v) is 2.89. The third-order valence-corrected chi connectivity index (χ3v) is 4.28. The molecule has 0 aromatic carbocycles. The standard InChI is InChI=1S/C19H12ClF3N5/c20-14-5-15-13(9-27-18(15)28-10-14)3-12-7-25-17(26-8-12)4-11-1-2-16(24-6-11)19(21,22)23/h1-2,4-10H,3H2,(H,27,28). The number of alkyl halides is 3. The molecule has 0 aliphatic rings. The molecule has 0 saturated carbocycles. The molecule has 0 spiro atoms. The van der Waals surface area contributed by atoms with Crippen molar-refractivity contribution < 1.29 is 13.2 Å². The van der Waals surface area contributed by atoms with Crippen LogP contribution in [0, 0.1) is 6.42 Å². The van der Waals surface area contributed by atoms with Crippen molar-refractivity contribution in [2.24, 2.45) is 0 Å². The lowest BCUT2D eigenvalue weighted by atomic mass is 10.1. The molecule has 4 aromatic heterocycles. The molecule has 0 atom stereocenters. The van der Waals surface area contributed by atoms with Crippen LogP contribution in [0.15, 0.2) is 49.2 Å². The van der Waals surface area contributed by atoms with Crippen molar-refractivity contribution in [3.63, 3.8) is 0 Å². The molecule has 0 amide bonds. The average Bonchev–Trinajstić information content (AvgIpc) is 3.05. The molecule has 9 heteroatoms. The summed E-state index contributed by atoms with van der Waals surface area (Å²) in [6.45, 7) is 0. The predicted molar refractivity (Wildman–Crippen MR) is 97.7 cm³/mol. The molecule has 0 bridgehead atoms. The Bertz CT molecular complexity index is 1110. The summed E-state index contributed by atoms with van der Waals surface area (Å²) in [7, 11) is 0. The second-order valence-corrected chi connectivity index (χ2v) is 6.55. The Morgan fingerprint density at radius 1 is 1.00 bits per heavy atom. The molecule has 141 valence electrons. The number of hydrogen-bond acceptors (Lipinski definition) is 4. The summed E-state index contributed by atoms with van der Waals surface area (Å²) >= 11 is 6.01. The van der Waals surface area contributed by atoms with E-state index in [1.54, 1.807) is 25.0 Å². The number of aromatic amines is 1. The highest BCUT2D eigenvalue weighted by molar-refractivity contribution is 6.31. The van der Waals surface area contributed by atoms with Crippen molar-refractivity contribution in [2.45, 2.75) is 12.6 Å². The molecule has 0 fully saturated rings. The predicted octanol–water partition coefficient (Wildman–Crippen LogP) is 4.61. The topological polar surface area (TPSA) is 67.3 Å². The van der Waals surface area contributed by atoms with Crippen LogP contribution in [0.25, 0.3) is 11.0 Å². The summed E-state index contributed by atoms with van der Waals surface area (Å²) in [6.07, 6.45) is 5.62. The van der Waals surface area contributed by atoms with Crippen molar-refractivity contribution in [3.8, 4) is 0 Å². The van der Waals surface area contributed by atoms with E-state index in [1.807, 2.05) is 12.3 Å². The molecule has 0 unspecified atom stereocenters. The molecule has 4 rings (SSSR count). The zero-order valence-corrected chi connectivity index (χ0v) is 15.0. The number of rotatable bonds is 4. The molecule has 1 radical (unpaired) electrons. The Morgan fingerprint density at radius 2 is 1.79 bits per heavy atom. The van der Waals surface area contributed by atoms with Gasteiger partial charge in [0, 0.05) is 42.8 Å². The number of aromatic nitrogens is 5. The first-order valence-electron chi connectivity index (χ1n) is 8.19. The van der Waals surface area contributed by atoms with E-state index < -0.39 is 11.9 Å². The Kier molecular flexibility index (Phi) is 4.72. The van der Waals surface area contributed by atoms with Gasteiger partial charge in [-0.15, -0.1) is 0 Å². The van der Waals surface area contributed by atoms with Crippen molar-refractivity contribution in [1.82, 2.24) is 24.9 Å². The second-order valence-electron chi connectivity index (χ2n) is 6.11. The first kappa shape index (κ1) is 18.4. The van der Waals surface area contributed by atoms with Gasteiger partial charge in [0.05, 0.1) is 11.4 Å². The largest absolute Gasteiger partial charge is 0.433 e. The van der Waals surface area contributed by atoms with E-state index in [4.69, 9.17) is 11.6 Å². The normalized spacial score (nSPS) is 11.9. The van der Waals surface area contributed by atoms with Crippen molar-refractivity contribution >= 4 is 22.6 Å². The van der Waals surface area contributed by atoms with Crippen LogP contribution in [0.4, 0.5) is 13.2 Å². The molecule has 1 N–H and O–H groups in total. The fraction of sp³-hybridized carbons (Fsp3) is 0.105. The molecule has 0 aliphatic heterocycles. The third kappa shape index (κ3) is 3.96. The van der Waals surface area contributed by atoms with E-state index in [-0.39, 0.29) is 0 Å². The lowest BCUT2D eigenvalue weighted by molar-refractivity contribution is -0.141. The van der Waals surface area contributed by atoms with Crippen LogP contribution in [0.5, 0.6) is 0 Å². The second kappa shape index (κ2) is 7.20. The van der Waals surface area contributed by atoms with Crippen LogP contribution in [-0.2, 0) is 12.6 Å². The van der Waals surface area contributed by atoms with E-state index in [2.05, 4.69) is 24.9 Å². The minimum Gasteiger partial charge on any atom is -0.346 e. The van der Waals surface area contributed by atoms with Crippen LogP contribution in [0.2, 0.25) is 5.02 Å². The smallest absolute Gasteiger partial charge is 0.346 e. The minimum absolute atomic E-state index is 0.383. The lowest BCUT2D eigenvalue weighted by Crippen LogP contribution is -2.07. The van der Waals surface area contributed by atoms with Crippen molar-refractivity contribution in [3.05, 3.63) is 88.8 Å². The maximum atomic E-state index is 12.6. The Balaban J connectivity index is 1.47. The SMILES string of the molecule is FC(F)(F)c1ccc([CH]c2ncc(Cc3c[nH]c4ncc(Cl)cc34)cn2)cn1. The maximum absolute atomic E-state index is 12.6. The van der Waals surface area contributed by atoms with Gasteiger partial charge in [-0.05, 0) is 28.8 Å². The summed E-state index contributed by atoms with van der Waals surface area (Å²) in [4.78, 5) is 19.2. The number of pyridine rings is 2. The zero-order chi connectivity index (χ0) is 19.7. The van der Waals surface area contributed by atoms with E-state index in [1.165, 1.54) is 6.07 Å². The number of nitrogens with one attached hydrogen (secondary N) is 1. The molecule has 0 aliphatic carbocycles. The molecule has 28 heavy (non-hydrogen) atoms. The van der Waals surface area contributed by atoms with Gasteiger partial charge in [-0.1, -0.05) is 17.7 Å². The summed E-state index contributed by atoms with van der Waals surface area (Å²) in [5.74, 6) is 0.383. The van der Waals surface area contributed by atoms with E-state index in [9.17, 15) is 13.2 Å². The molecular formula is C19H12ClF3N5. The van der Waals surface area contributed by atoms with Crippen LogP contribution in [0.3, 0.4) is 0 Å². The first-order chi connectivity index (χ1) is 13.4. The highest BCUT2D eigenvalue weighted by Crippen LogP contribution is 2.27. The van der Waals surface area contributed by atoms with E-state index >= 15 is 0 Å². The zero-order valence-electron chi connectivity index (χ0n) is 14.2. The van der Waals surface area contributed by atoms with Crippen LogP contribution < -0.4 is 0 Å². The Morgan fingerprint density at radius 3 is 2.46 bits per heavy atom. The minimum atomic E-state index is -4.46. The lowest BCUT2D eigenvalue weighted by Gasteiger charge is -2.06. The number of nitrogens with zero attached hydrogens (tertiary/aromatic N) is 4. The molecule has 4 heterocycles. The Labute approximate surface area is 162 Å². The quantitative estimate of drug-likeness (QED) is 0.541. The number of H-pyrrole nitrogens is 1. The Hall–Kier alpha value is -3.00. The van der Waals surface area contributed by atoms with Gasteiger partial charge in [-0.25, -0.2) is 15.0 Å². The van der Waals surface area contributed by atoms with E-state index in [0.29, 0.717) is 22.8 Å². The van der Waals surface area contributed by atoms with Crippen molar-refractivity contribution in [1.29, 1.82) is 0 Å². The fourth-order valence-electron chi connectivity index (χ4n) is 2.74. The van der Waals surface area contributed by atoms with Gasteiger partial charge >= 0.3 is 6.18 Å². The van der Waals surface area contributed by atoms with Crippen LogP contribution in [-0.4, -0.2) is 24.9 Å². The van der Waals surface area contributed by atoms with Crippen LogP contribution in [0.1, 0.15) is 28.2 Å². The molecular weight excluding hydrogens is 391 g/mol. The monoisotopic (exact) mass is 402 g/mol. The highest BCUT2D eigenvalue weighted by atomic mass is 35.5. The summed E-state index contributed by atoms with van der Waals surface area (Å²) in [6, 6.07) is 4.10. The van der Waals surface area contributed by atoms with Crippen molar-refractivity contribution in [2.75, 3.05) is 0 Å². The molecule has 0 saturated heterocycles. The van der Waals surface area contributed by atoms with Gasteiger partial charge < -0.3 is 4.98 Å². The van der Waals surface area contributed by atoms with Gasteiger partial charge in [0.25, 0.3) is 0 Å². The van der Waals surface area contributed by atoms with Gasteiger partial charge in [0.15, 0.2) is 0 Å². The number of fused-ring (bicyclic) bond motifs is 1. The average molecular weight is 403 g/mol. The maximum Gasteiger partial charge on any atom is 0.433 e.